The van der Waals surface area contributed by atoms with Crippen molar-refractivity contribution in [1.82, 2.24) is 20.1 Å². The van der Waals surface area contributed by atoms with Gasteiger partial charge in [-0.2, -0.15) is 4.98 Å². The topological polar surface area (TPSA) is 76.7 Å². The number of aromatic nitrogens is 4. The highest BCUT2D eigenvalue weighted by Gasteiger charge is 2.04. The predicted octanol–water partition coefficient (Wildman–Crippen LogP) is 1.38. The van der Waals surface area contributed by atoms with Crippen molar-refractivity contribution in [3.63, 3.8) is 0 Å². The van der Waals surface area contributed by atoms with Gasteiger partial charge in [0.2, 0.25) is 5.89 Å². The van der Waals surface area contributed by atoms with Crippen molar-refractivity contribution in [3.8, 4) is 0 Å². The summed E-state index contributed by atoms with van der Waals surface area (Å²) in [6.45, 7) is 2.25. The third-order valence-electron chi connectivity index (χ3n) is 1.65. The minimum Gasteiger partial charge on any atom is -0.362 e. The van der Waals surface area contributed by atoms with Gasteiger partial charge in [0.25, 0.3) is 0 Å². The van der Waals surface area contributed by atoms with Gasteiger partial charge in [0.05, 0.1) is 10.1 Å². The number of hydrogen-bond acceptors (Lipinski definition) is 6. The Kier molecular flexibility index (Phi) is 3.09. The quantitative estimate of drug-likeness (QED) is 0.862. The third kappa shape index (κ3) is 2.61. The molecule has 0 aromatic carbocycles. The van der Waals surface area contributed by atoms with Gasteiger partial charge in [0, 0.05) is 13.1 Å². The van der Waals surface area contributed by atoms with Crippen LogP contribution in [0.15, 0.2) is 17.0 Å². The lowest BCUT2D eigenvalue weighted by Crippen LogP contribution is -2.04. The molecule has 0 saturated carbocycles. The van der Waals surface area contributed by atoms with Gasteiger partial charge >= 0.3 is 0 Å². The standard InChI is InChI=1S/C8H8IN5O/c1-5-13-7(14-15-5)3-11-8-6(9)2-10-4-12-8/h2,4H,3H2,1H3,(H,10,11,12). The maximum atomic E-state index is 4.85. The second kappa shape index (κ2) is 4.51. The number of anilines is 1. The van der Waals surface area contributed by atoms with Crippen molar-refractivity contribution in [2.75, 3.05) is 5.32 Å². The van der Waals surface area contributed by atoms with Crippen molar-refractivity contribution in [3.05, 3.63) is 27.8 Å². The molecule has 0 radical (unpaired) electrons. The summed E-state index contributed by atoms with van der Waals surface area (Å²) < 4.78 is 5.80. The Balaban J connectivity index is 2.02. The van der Waals surface area contributed by atoms with Crippen molar-refractivity contribution >= 4 is 28.4 Å². The molecule has 2 aromatic rings. The number of nitrogens with one attached hydrogen (secondary N) is 1. The second-order valence-corrected chi connectivity index (χ2v) is 3.96. The van der Waals surface area contributed by atoms with E-state index < -0.39 is 0 Å². The largest absolute Gasteiger partial charge is 0.362 e. The van der Waals surface area contributed by atoms with E-state index in [1.807, 2.05) is 0 Å². The average Bonchev–Trinajstić information content (AvgIpc) is 2.63. The zero-order valence-corrected chi connectivity index (χ0v) is 10.1. The molecule has 0 unspecified atom stereocenters. The molecular weight excluding hydrogens is 309 g/mol. The van der Waals surface area contributed by atoms with E-state index in [1.54, 1.807) is 13.1 Å². The van der Waals surface area contributed by atoms with Crippen LogP contribution in [0.3, 0.4) is 0 Å². The molecule has 0 aliphatic carbocycles. The molecule has 2 heterocycles. The number of aryl methyl sites for hydroxylation is 1. The van der Waals surface area contributed by atoms with E-state index >= 15 is 0 Å². The molecule has 2 rings (SSSR count). The van der Waals surface area contributed by atoms with Crippen molar-refractivity contribution in [2.45, 2.75) is 13.5 Å². The van der Waals surface area contributed by atoms with Crippen molar-refractivity contribution < 1.29 is 4.52 Å². The summed E-state index contributed by atoms with van der Waals surface area (Å²) in [5.41, 5.74) is 0. The van der Waals surface area contributed by atoms with Gasteiger partial charge < -0.3 is 9.84 Å². The van der Waals surface area contributed by atoms with E-state index in [-0.39, 0.29) is 0 Å². The average molecular weight is 317 g/mol. The van der Waals surface area contributed by atoms with E-state index in [2.05, 4.69) is 48.0 Å². The highest BCUT2D eigenvalue weighted by Crippen LogP contribution is 2.12. The number of hydrogen-bond donors (Lipinski definition) is 1. The normalized spacial score (nSPS) is 10.3. The predicted molar refractivity (Wildman–Crippen MR) is 61.1 cm³/mol. The Hall–Kier alpha value is -1.25. The Labute approximate surface area is 99.7 Å². The zero-order valence-electron chi connectivity index (χ0n) is 7.94. The maximum Gasteiger partial charge on any atom is 0.223 e. The second-order valence-electron chi connectivity index (χ2n) is 2.80. The van der Waals surface area contributed by atoms with Crippen LogP contribution < -0.4 is 5.32 Å². The summed E-state index contributed by atoms with van der Waals surface area (Å²) in [5, 5.41) is 6.86. The minimum absolute atomic E-state index is 0.490. The van der Waals surface area contributed by atoms with E-state index in [9.17, 15) is 0 Å². The van der Waals surface area contributed by atoms with Gasteiger partial charge in [-0.3, -0.25) is 0 Å². The Morgan fingerprint density at radius 2 is 2.40 bits per heavy atom. The van der Waals surface area contributed by atoms with Crippen LogP contribution in [0.1, 0.15) is 11.7 Å². The number of halogens is 1. The molecule has 0 aliphatic heterocycles. The number of nitrogens with zero attached hydrogens (tertiary/aromatic N) is 4. The minimum atomic E-state index is 0.490. The molecule has 6 nitrogen and oxygen atoms in total. The molecule has 0 aliphatic rings. The van der Waals surface area contributed by atoms with Crippen LogP contribution in [-0.2, 0) is 6.54 Å². The summed E-state index contributed by atoms with van der Waals surface area (Å²) in [6.07, 6.45) is 3.23. The molecule has 0 atom stereocenters. The van der Waals surface area contributed by atoms with E-state index in [0.717, 1.165) is 9.39 Å². The molecular formula is C8H8IN5O. The summed E-state index contributed by atoms with van der Waals surface area (Å²) in [6, 6.07) is 0. The summed E-state index contributed by atoms with van der Waals surface area (Å²) in [4.78, 5) is 12.0. The van der Waals surface area contributed by atoms with E-state index in [0.29, 0.717) is 18.3 Å². The first kappa shape index (κ1) is 10.3. The van der Waals surface area contributed by atoms with Crippen molar-refractivity contribution in [1.29, 1.82) is 0 Å². The fraction of sp³-hybridized carbons (Fsp3) is 0.250. The summed E-state index contributed by atoms with van der Waals surface area (Å²) in [7, 11) is 0. The highest BCUT2D eigenvalue weighted by atomic mass is 127. The Morgan fingerprint density at radius 1 is 1.53 bits per heavy atom. The van der Waals surface area contributed by atoms with Crippen LogP contribution in [0.5, 0.6) is 0 Å². The Bertz CT molecular complexity index is 458. The first-order valence-corrected chi connectivity index (χ1v) is 5.32. The molecule has 0 amide bonds. The molecule has 1 N–H and O–H groups in total. The lowest BCUT2D eigenvalue weighted by Gasteiger charge is -2.02. The van der Waals surface area contributed by atoms with Gasteiger partial charge in [-0.25, -0.2) is 9.97 Å². The maximum absolute atomic E-state index is 4.85. The highest BCUT2D eigenvalue weighted by molar-refractivity contribution is 14.1. The fourth-order valence-corrected chi connectivity index (χ4v) is 1.51. The van der Waals surface area contributed by atoms with E-state index in [4.69, 9.17) is 4.52 Å². The van der Waals surface area contributed by atoms with Crippen LogP contribution >= 0.6 is 22.6 Å². The SMILES string of the molecule is Cc1nc(CNc2ncncc2I)no1. The molecule has 78 valence electrons. The van der Waals surface area contributed by atoms with Crippen LogP contribution in [0.4, 0.5) is 5.82 Å². The third-order valence-corrected chi connectivity index (χ3v) is 2.44. The molecule has 0 saturated heterocycles. The van der Waals surface area contributed by atoms with Gasteiger partial charge in [-0.05, 0) is 22.6 Å². The Morgan fingerprint density at radius 3 is 3.07 bits per heavy atom. The summed E-state index contributed by atoms with van der Waals surface area (Å²) in [5.74, 6) is 1.94. The molecule has 2 aromatic heterocycles. The number of rotatable bonds is 3. The van der Waals surface area contributed by atoms with Gasteiger partial charge in [0.15, 0.2) is 5.82 Å². The zero-order chi connectivity index (χ0) is 10.7. The van der Waals surface area contributed by atoms with Crippen molar-refractivity contribution in [2.24, 2.45) is 0 Å². The van der Waals surface area contributed by atoms with Gasteiger partial charge in [-0.1, -0.05) is 5.16 Å². The van der Waals surface area contributed by atoms with Crippen LogP contribution in [0, 0.1) is 10.5 Å². The lowest BCUT2D eigenvalue weighted by atomic mass is 10.5. The van der Waals surface area contributed by atoms with Crippen LogP contribution in [-0.4, -0.2) is 20.1 Å². The molecule has 15 heavy (non-hydrogen) atoms. The summed E-state index contributed by atoms with van der Waals surface area (Å²) >= 11 is 2.16. The molecule has 0 bridgehead atoms. The molecule has 0 fully saturated rings. The fourth-order valence-electron chi connectivity index (χ4n) is 1.02. The molecule has 0 spiro atoms. The molecule has 7 heteroatoms. The first-order chi connectivity index (χ1) is 7.25. The van der Waals surface area contributed by atoms with Gasteiger partial charge in [-0.15, -0.1) is 0 Å². The van der Waals surface area contributed by atoms with Gasteiger partial charge in [0.1, 0.15) is 12.1 Å². The van der Waals surface area contributed by atoms with Crippen LogP contribution in [0.2, 0.25) is 0 Å². The smallest absolute Gasteiger partial charge is 0.223 e. The first-order valence-electron chi connectivity index (χ1n) is 4.24. The van der Waals surface area contributed by atoms with E-state index in [1.165, 1.54) is 6.33 Å². The monoisotopic (exact) mass is 317 g/mol. The van der Waals surface area contributed by atoms with Crippen LogP contribution in [0.25, 0.3) is 0 Å². The lowest BCUT2D eigenvalue weighted by molar-refractivity contribution is 0.388.